The van der Waals surface area contributed by atoms with Crippen molar-refractivity contribution in [1.29, 1.82) is 0 Å². The number of rotatable bonds is 5. The minimum atomic E-state index is -0.103. The van der Waals surface area contributed by atoms with E-state index in [9.17, 15) is 4.79 Å². The zero-order chi connectivity index (χ0) is 17.3. The van der Waals surface area contributed by atoms with Gasteiger partial charge in [-0.3, -0.25) is 4.79 Å². The van der Waals surface area contributed by atoms with Gasteiger partial charge in [0.2, 0.25) is 11.0 Å². The quantitative estimate of drug-likeness (QED) is 0.772. The molecule has 7 heteroatoms. The summed E-state index contributed by atoms with van der Waals surface area (Å²) in [5.74, 6) is 0.416. The Morgan fingerprint density at radius 2 is 2.12 bits per heavy atom. The average molecular weight is 343 g/mol. The van der Waals surface area contributed by atoms with Crippen molar-refractivity contribution < 1.29 is 4.79 Å². The first-order chi connectivity index (χ1) is 11.4. The number of carbonyl (C=O) groups excluding carboxylic acids is 1. The molecule has 0 saturated carbocycles. The molecule has 0 aromatic carbocycles. The fourth-order valence-corrected chi connectivity index (χ4v) is 3.60. The highest BCUT2D eigenvalue weighted by molar-refractivity contribution is 7.15. The maximum atomic E-state index is 12.4. The number of nitrogens with zero attached hydrogens (tertiary/aromatic N) is 4. The number of nitrogens with one attached hydrogen (secondary N) is 1. The first kappa shape index (κ1) is 16.6. The van der Waals surface area contributed by atoms with Crippen LogP contribution in [0.3, 0.4) is 0 Å². The number of carbonyl (C=O) groups is 1. The Morgan fingerprint density at radius 3 is 2.88 bits per heavy atom. The predicted molar refractivity (Wildman–Crippen MR) is 95.5 cm³/mol. The van der Waals surface area contributed by atoms with Crippen molar-refractivity contribution >= 4 is 28.0 Å². The van der Waals surface area contributed by atoms with Crippen molar-refractivity contribution in [3.05, 3.63) is 40.3 Å². The van der Waals surface area contributed by atoms with E-state index in [1.54, 1.807) is 0 Å². The summed E-state index contributed by atoms with van der Waals surface area (Å²) >= 11 is 1.44. The van der Waals surface area contributed by atoms with E-state index in [1.165, 1.54) is 11.3 Å². The van der Waals surface area contributed by atoms with Gasteiger partial charge >= 0.3 is 0 Å². The van der Waals surface area contributed by atoms with Gasteiger partial charge in [-0.1, -0.05) is 31.3 Å². The molecule has 3 aromatic rings. The molecule has 0 bridgehead atoms. The van der Waals surface area contributed by atoms with Gasteiger partial charge < -0.3 is 9.72 Å². The van der Waals surface area contributed by atoms with Crippen LogP contribution in [0.2, 0.25) is 0 Å². The molecule has 1 N–H and O–H groups in total. The van der Waals surface area contributed by atoms with Crippen molar-refractivity contribution in [3.63, 3.8) is 0 Å². The van der Waals surface area contributed by atoms with E-state index >= 15 is 0 Å². The molecule has 0 aliphatic carbocycles. The van der Waals surface area contributed by atoms with Gasteiger partial charge in [-0.15, -0.1) is 10.2 Å². The van der Waals surface area contributed by atoms with Crippen LogP contribution in [0.15, 0.2) is 18.3 Å². The lowest BCUT2D eigenvalue weighted by molar-refractivity contribution is -0.115. The van der Waals surface area contributed by atoms with Crippen LogP contribution >= 0.6 is 11.3 Å². The van der Waals surface area contributed by atoms with Crippen LogP contribution in [0.5, 0.6) is 0 Å². The maximum Gasteiger partial charge on any atom is 0.232 e. The summed E-state index contributed by atoms with van der Waals surface area (Å²) in [6, 6.07) is 3.98. The summed E-state index contributed by atoms with van der Waals surface area (Å²) < 4.78 is 1.98. The number of pyridine rings is 1. The van der Waals surface area contributed by atoms with Crippen molar-refractivity contribution in [3.8, 4) is 0 Å². The Hall–Kier alpha value is -2.28. The van der Waals surface area contributed by atoms with E-state index in [0.717, 1.165) is 34.0 Å². The van der Waals surface area contributed by atoms with Gasteiger partial charge in [0.05, 0.1) is 17.8 Å². The molecule has 3 aromatic heterocycles. The molecule has 3 heterocycles. The molecule has 1 amide bonds. The first-order valence-corrected chi connectivity index (χ1v) is 8.81. The molecule has 6 nitrogen and oxygen atoms in total. The molecule has 0 spiro atoms. The third-order valence-electron chi connectivity index (χ3n) is 3.77. The van der Waals surface area contributed by atoms with Gasteiger partial charge in [-0.05, 0) is 31.4 Å². The molecule has 24 heavy (non-hydrogen) atoms. The Labute approximate surface area is 145 Å². The minimum absolute atomic E-state index is 0.103. The Morgan fingerprint density at radius 1 is 1.33 bits per heavy atom. The number of fused-ring (bicyclic) bond motifs is 1. The number of hydrogen-bond acceptors (Lipinski definition) is 5. The van der Waals surface area contributed by atoms with E-state index < -0.39 is 0 Å². The lowest BCUT2D eigenvalue weighted by Crippen LogP contribution is -2.16. The SMILES string of the molecule is Cc1nc2c(C)cccn2c1CC(=O)Nc1nnc(CC(C)C)s1. The minimum Gasteiger partial charge on any atom is -0.303 e. The molecule has 0 aliphatic heterocycles. The molecule has 0 fully saturated rings. The Bertz CT molecular complexity index is 880. The van der Waals surface area contributed by atoms with Gasteiger partial charge in [-0.2, -0.15) is 0 Å². The molecule has 3 rings (SSSR count). The van der Waals surface area contributed by atoms with Crippen molar-refractivity contribution in [1.82, 2.24) is 19.6 Å². The summed E-state index contributed by atoms with van der Waals surface area (Å²) in [6.07, 6.45) is 3.07. The highest BCUT2D eigenvalue weighted by Crippen LogP contribution is 2.20. The highest BCUT2D eigenvalue weighted by atomic mass is 32.1. The zero-order valence-corrected chi connectivity index (χ0v) is 15.1. The van der Waals surface area contributed by atoms with Crippen LogP contribution in [-0.4, -0.2) is 25.5 Å². The maximum absolute atomic E-state index is 12.4. The topological polar surface area (TPSA) is 72.2 Å². The molecule has 0 unspecified atom stereocenters. The van der Waals surface area contributed by atoms with E-state index in [2.05, 4.69) is 34.3 Å². The summed E-state index contributed by atoms with van der Waals surface area (Å²) in [4.78, 5) is 16.9. The van der Waals surface area contributed by atoms with Crippen LogP contribution in [0.25, 0.3) is 5.65 Å². The van der Waals surface area contributed by atoms with Crippen molar-refractivity contribution in [2.45, 2.75) is 40.5 Å². The first-order valence-electron chi connectivity index (χ1n) is 7.99. The fourth-order valence-electron chi connectivity index (χ4n) is 2.63. The van der Waals surface area contributed by atoms with E-state index in [4.69, 9.17) is 0 Å². The standard InChI is InChI=1S/C17H21N5OS/c1-10(2)8-15-20-21-17(24-15)19-14(23)9-13-12(4)18-16-11(3)6-5-7-22(13)16/h5-7,10H,8-9H2,1-4H3,(H,19,21,23). The van der Waals surface area contributed by atoms with Gasteiger partial charge in [0.15, 0.2) is 0 Å². The molecule has 0 atom stereocenters. The zero-order valence-electron chi connectivity index (χ0n) is 14.3. The van der Waals surface area contributed by atoms with Crippen LogP contribution in [-0.2, 0) is 17.6 Å². The van der Waals surface area contributed by atoms with Gasteiger partial charge in [-0.25, -0.2) is 4.98 Å². The van der Waals surface area contributed by atoms with E-state index in [1.807, 2.05) is 36.6 Å². The lowest BCUT2D eigenvalue weighted by atomic mass is 10.1. The summed E-state index contributed by atoms with van der Waals surface area (Å²) in [5, 5.41) is 12.5. The molecular weight excluding hydrogens is 322 g/mol. The molecule has 0 saturated heterocycles. The van der Waals surface area contributed by atoms with Crippen LogP contribution in [0, 0.1) is 19.8 Å². The van der Waals surface area contributed by atoms with E-state index in [-0.39, 0.29) is 12.3 Å². The average Bonchev–Trinajstić information content (AvgIpc) is 3.05. The smallest absolute Gasteiger partial charge is 0.232 e. The monoisotopic (exact) mass is 343 g/mol. The predicted octanol–water partition coefficient (Wildman–Crippen LogP) is 3.18. The number of imidazole rings is 1. The van der Waals surface area contributed by atoms with Crippen LogP contribution < -0.4 is 5.32 Å². The third-order valence-corrected chi connectivity index (χ3v) is 4.63. The Kier molecular flexibility index (Phi) is 4.62. The van der Waals surface area contributed by atoms with Crippen molar-refractivity contribution in [2.24, 2.45) is 5.92 Å². The molecule has 0 radical (unpaired) electrons. The normalized spacial score (nSPS) is 11.4. The molecule has 0 aliphatic rings. The summed E-state index contributed by atoms with van der Waals surface area (Å²) in [5.41, 5.74) is 3.76. The highest BCUT2D eigenvalue weighted by Gasteiger charge is 2.15. The fraction of sp³-hybridized carbons (Fsp3) is 0.412. The van der Waals surface area contributed by atoms with Crippen molar-refractivity contribution in [2.75, 3.05) is 5.32 Å². The summed E-state index contributed by atoms with van der Waals surface area (Å²) in [7, 11) is 0. The number of aryl methyl sites for hydroxylation is 2. The number of anilines is 1. The lowest BCUT2D eigenvalue weighted by Gasteiger charge is -2.04. The van der Waals surface area contributed by atoms with Gasteiger partial charge in [0.1, 0.15) is 10.7 Å². The molecular formula is C17H21N5OS. The van der Waals surface area contributed by atoms with Crippen LogP contribution in [0.1, 0.15) is 35.8 Å². The largest absolute Gasteiger partial charge is 0.303 e. The number of hydrogen-bond donors (Lipinski definition) is 1. The second-order valence-electron chi connectivity index (χ2n) is 6.35. The van der Waals surface area contributed by atoms with Crippen LogP contribution in [0.4, 0.5) is 5.13 Å². The number of amides is 1. The number of aromatic nitrogens is 4. The van der Waals surface area contributed by atoms with E-state index in [0.29, 0.717) is 11.0 Å². The second-order valence-corrected chi connectivity index (χ2v) is 7.41. The second kappa shape index (κ2) is 6.68. The van der Waals surface area contributed by atoms with Gasteiger partial charge in [0, 0.05) is 12.6 Å². The third kappa shape index (κ3) is 3.46. The molecule has 126 valence electrons. The Balaban J connectivity index is 1.75. The van der Waals surface area contributed by atoms with Gasteiger partial charge in [0.25, 0.3) is 0 Å². The summed E-state index contributed by atoms with van der Waals surface area (Å²) in [6.45, 7) is 8.22.